The molecule has 0 aliphatic rings. The Hall–Kier alpha value is -0.860. The van der Waals surface area contributed by atoms with E-state index in [4.69, 9.17) is 0 Å². The highest BCUT2D eigenvalue weighted by molar-refractivity contribution is 5.75. The highest BCUT2D eigenvalue weighted by Gasteiger charge is 1.96. The van der Waals surface area contributed by atoms with Crippen LogP contribution < -0.4 is 5.32 Å². The van der Waals surface area contributed by atoms with E-state index >= 15 is 0 Å². The molecule has 0 unspecified atom stereocenters. The first-order valence-corrected chi connectivity index (χ1v) is 4.45. The van der Waals surface area contributed by atoms with E-state index in [0.29, 0.717) is 12.8 Å². The van der Waals surface area contributed by atoms with Crippen LogP contribution in [0.25, 0.3) is 0 Å². The average molecular weight is 171 g/mol. The van der Waals surface area contributed by atoms with E-state index in [1.807, 2.05) is 0 Å². The second-order valence-corrected chi connectivity index (χ2v) is 2.79. The monoisotopic (exact) mass is 171 g/mol. The maximum Gasteiger partial charge on any atom is 0.219 e. The van der Waals surface area contributed by atoms with E-state index in [1.54, 1.807) is 7.05 Å². The van der Waals surface area contributed by atoms with E-state index < -0.39 is 0 Å². The standard InChI is InChI=1S/C9H17NO2/c1-10-9(12)7-5-3-2-4-6-8-11/h8H,2-7H2,1H3,(H,10,12). The first-order chi connectivity index (χ1) is 5.81. The number of hydrogen-bond donors (Lipinski definition) is 1. The first-order valence-electron chi connectivity index (χ1n) is 4.45. The van der Waals surface area contributed by atoms with Crippen molar-refractivity contribution in [3.05, 3.63) is 0 Å². The number of hydrogen-bond acceptors (Lipinski definition) is 2. The van der Waals surface area contributed by atoms with E-state index in [1.165, 1.54) is 0 Å². The highest BCUT2D eigenvalue weighted by atomic mass is 16.1. The predicted octanol–water partition coefficient (Wildman–Crippen LogP) is 1.27. The number of unbranched alkanes of at least 4 members (excludes halogenated alkanes) is 4. The van der Waals surface area contributed by atoms with Crippen molar-refractivity contribution in [1.29, 1.82) is 0 Å². The molecule has 0 fully saturated rings. The van der Waals surface area contributed by atoms with Gasteiger partial charge in [-0.15, -0.1) is 0 Å². The van der Waals surface area contributed by atoms with Gasteiger partial charge in [0, 0.05) is 19.9 Å². The molecule has 0 saturated heterocycles. The fourth-order valence-electron chi connectivity index (χ4n) is 0.992. The summed E-state index contributed by atoms with van der Waals surface area (Å²) < 4.78 is 0. The molecule has 1 amide bonds. The van der Waals surface area contributed by atoms with E-state index in [0.717, 1.165) is 32.0 Å². The summed E-state index contributed by atoms with van der Waals surface area (Å²) >= 11 is 0. The number of amides is 1. The second kappa shape index (κ2) is 8.24. The Morgan fingerprint density at radius 3 is 2.50 bits per heavy atom. The molecule has 0 saturated carbocycles. The highest BCUT2D eigenvalue weighted by Crippen LogP contribution is 2.03. The molecule has 0 heterocycles. The van der Waals surface area contributed by atoms with Crippen molar-refractivity contribution in [3.63, 3.8) is 0 Å². The summed E-state index contributed by atoms with van der Waals surface area (Å²) in [6, 6.07) is 0. The van der Waals surface area contributed by atoms with Crippen LogP contribution in [0.5, 0.6) is 0 Å². The van der Waals surface area contributed by atoms with E-state index in [9.17, 15) is 9.59 Å². The van der Waals surface area contributed by atoms with Gasteiger partial charge in [0.2, 0.25) is 5.91 Å². The molecule has 0 aliphatic carbocycles. The lowest BCUT2D eigenvalue weighted by Crippen LogP contribution is -2.16. The Balaban J connectivity index is 3.00. The van der Waals surface area contributed by atoms with Crippen LogP contribution in [0.4, 0.5) is 0 Å². The lowest BCUT2D eigenvalue weighted by molar-refractivity contribution is -0.120. The third-order valence-electron chi connectivity index (χ3n) is 1.75. The van der Waals surface area contributed by atoms with Crippen molar-refractivity contribution >= 4 is 12.2 Å². The van der Waals surface area contributed by atoms with Gasteiger partial charge >= 0.3 is 0 Å². The van der Waals surface area contributed by atoms with Crippen LogP contribution in [0, 0.1) is 0 Å². The molecule has 0 bridgehead atoms. The van der Waals surface area contributed by atoms with Gasteiger partial charge in [-0.25, -0.2) is 0 Å². The Bertz CT molecular complexity index is 134. The Morgan fingerprint density at radius 1 is 1.25 bits per heavy atom. The molecule has 3 heteroatoms. The number of nitrogens with one attached hydrogen (secondary N) is 1. The molecule has 0 aromatic rings. The van der Waals surface area contributed by atoms with Crippen LogP contribution >= 0.6 is 0 Å². The minimum absolute atomic E-state index is 0.102. The van der Waals surface area contributed by atoms with Crippen molar-refractivity contribution in [1.82, 2.24) is 5.32 Å². The van der Waals surface area contributed by atoms with Gasteiger partial charge in [0.15, 0.2) is 0 Å². The quantitative estimate of drug-likeness (QED) is 0.463. The van der Waals surface area contributed by atoms with Gasteiger partial charge in [-0.3, -0.25) is 4.79 Å². The summed E-state index contributed by atoms with van der Waals surface area (Å²) in [6.07, 6.45) is 6.18. The Labute approximate surface area is 73.5 Å². The SMILES string of the molecule is CNC(=O)CCCCCCC=O. The zero-order chi connectivity index (χ0) is 9.23. The van der Waals surface area contributed by atoms with Crippen LogP contribution in [-0.2, 0) is 9.59 Å². The minimum atomic E-state index is 0.102. The maximum atomic E-state index is 10.7. The van der Waals surface area contributed by atoms with Crippen molar-refractivity contribution in [2.45, 2.75) is 38.5 Å². The van der Waals surface area contributed by atoms with Gasteiger partial charge in [-0.1, -0.05) is 12.8 Å². The molecule has 0 radical (unpaired) electrons. The molecule has 12 heavy (non-hydrogen) atoms. The predicted molar refractivity (Wildman–Crippen MR) is 47.8 cm³/mol. The summed E-state index contributed by atoms with van der Waals surface area (Å²) in [5.74, 6) is 0.102. The van der Waals surface area contributed by atoms with Crippen LogP contribution in [-0.4, -0.2) is 19.2 Å². The molecule has 0 aromatic carbocycles. The minimum Gasteiger partial charge on any atom is -0.359 e. The number of carbonyl (C=O) groups is 2. The van der Waals surface area contributed by atoms with E-state index in [2.05, 4.69) is 5.32 Å². The van der Waals surface area contributed by atoms with Crippen molar-refractivity contribution < 1.29 is 9.59 Å². The molecule has 1 N–H and O–H groups in total. The van der Waals surface area contributed by atoms with Gasteiger partial charge in [-0.05, 0) is 12.8 Å². The lowest BCUT2D eigenvalue weighted by Gasteiger charge is -1.98. The normalized spacial score (nSPS) is 9.42. The molecule has 70 valence electrons. The third kappa shape index (κ3) is 7.25. The zero-order valence-corrected chi connectivity index (χ0v) is 7.64. The third-order valence-corrected chi connectivity index (χ3v) is 1.75. The zero-order valence-electron chi connectivity index (χ0n) is 7.64. The summed E-state index contributed by atoms with van der Waals surface area (Å²) in [4.78, 5) is 20.7. The van der Waals surface area contributed by atoms with Gasteiger partial charge < -0.3 is 10.1 Å². The maximum absolute atomic E-state index is 10.7. The molecular formula is C9H17NO2. The summed E-state index contributed by atoms with van der Waals surface area (Å²) in [6.45, 7) is 0. The fourth-order valence-corrected chi connectivity index (χ4v) is 0.992. The molecule has 3 nitrogen and oxygen atoms in total. The lowest BCUT2D eigenvalue weighted by atomic mass is 10.1. The largest absolute Gasteiger partial charge is 0.359 e. The summed E-state index contributed by atoms with van der Waals surface area (Å²) in [7, 11) is 1.65. The summed E-state index contributed by atoms with van der Waals surface area (Å²) in [5, 5.41) is 2.57. The smallest absolute Gasteiger partial charge is 0.219 e. The molecule has 0 aromatic heterocycles. The Morgan fingerprint density at radius 2 is 1.92 bits per heavy atom. The number of rotatable bonds is 7. The van der Waals surface area contributed by atoms with Crippen LogP contribution in [0.15, 0.2) is 0 Å². The second-order valence-electron chi connectivity index (χ2n) is 2.79. The van der Waals surface area contributed by atoms with Crippen LogP contribution in [0.1, 0.15) is 38.5 Å². The van der Waals surface area contributed by atoms with Gasteiger partial charge in [0.1, 0.15) is 6.29 Å². The van der Waals surface area contributed by atoms with Gasteiger partial charge in [0.25, 0.3) is 0 Å². The number of carbonyl (C=O) groups excluding carboxylic acids is 2. The molecule has 0 atom stereocenters. The van der Waals surface area contributed by atoms with Crippen LogP contribution in [0.3, 0.4) is 0 Å². The number of aldehydes is 1. The van der Waals surface area contributed by atoms with Crippen molar-refractivity contribution in [3.8, 4) is 0 Å². The molecule has 0 aliphatic heterocycles. The first kappa shape index (κ1) is 11.1. The van der Waals surface area contributed by atoms with Crippen LogP contribution in [0.2, 0.25) is 0 Å². The van der Waals surface area contributed by atoms with Gasteiger partial charge in [-0.2, -0.15) is 0 Å². The van der Waals surface area contributed by atoms with E-state index in [-0.39, 0.29) is 5.91 Å². The van der Waals surface area contributed by atoms with Gasteiger partial charge in [0.05, 0.1) is 0 Å². The van der Waals surface area contributed by atoms with Crippen molar-refractivity contribution in [2.75, 3.05) is 7.05 Å². The fraction of sp³-hybridized carbons (Fsp3) is 0.778. The molecule has 0 rings (SSSR count). The average Bonchev–Trinajstić information content (AvgIpc) is 2.10. The Kier molecular flexibility index (Phi) is 7.65. The topological polar surface area (TPSA) is 46.2 Å². The molecular weight excluding hydrogens is 154 g/mol. The molecule has 0 spiro atoms. The van der Waals surface area contributed by atoms with Crippen molar-refractivity contribution in [2.24, 2.45) is 0 Å². The summed E-state index contributed by atoms with van der Waals surface area (Å²) in [5.41, 5.74) is 0.